The summed E-state index contributed by atoms with van der Waals surface area (Å²) in [5.41, 5.74) is 1.36. The van der Waals surface area contributed by atoms with Crippen LogP contribution >= 0.6 is 22.7 Å². The third-order valence-electron chi connectivity index (χ3n) is 4.38. The molecule has 132 valence electrons. The quantitative estimate of drug-likeness (QED) is 0.696. The summed E-state index contributed by atoms with van der Waals surface area (Å²) in [6.45, 7) is 0.871. The summed E-state index contributed by atoms with van der Waals surface area (Å²) in [7, 11) is -1.80. The van der Waals surface area contributed by atoms with Crippen molar-refractivity contribution >= 4 is 48.7 Å². The molecule has 25 heavy (non-hydrogen) atoms. The van der Waals surface area contributed by atoms with Crippen molar-refractivity contribution in [1.29, 1.82) is 0 Å². The average molecular weight is 395 g/mol. The van der Waals surface area contributed by atoms with Gasteiger partial charge in [-0.1, -0.05) is 6.07 Å². The first-order valence-corrected chi connectivity index (χ1v) is 11.2. The fourth-order valence-corrected chi connectivity index (χ4v) is 6.68. The van der Waals surface area contributed by atoms with E-state index < -0.39 is 10.0 Å². The van der Waals surface area contributed by atoms with Crippen molar-refractivity contribution in [2.24, 2.45) is 0 Å². The highest BCUT2D eigenvalue weighted by Gasteiger charge is 2.23. The van der Waals surface area contributed by atoms with E-state index >= 15 is 0 Å². The van der Waals surface area contributed by atoms with E-state index in [1.165, 1.54) is 32.5 Å². The van der Waals surface area contributed by atoms with Crippen LogP contribution in [0.25, 0.3) is 10.2 Å². The summed E-state index contributed by atoms with van der Waals surface area (Å²) in [5.74, 6) is 0.811. The van der Waals surface area contributed by atoms with Gasteiger partial charge in [-0.15, -0.1) is 22.7 Å². The molecule has 0 fully saturated rings. The number of sulfonamides is 1. The molecule has 0 aliphatic heterocycles. The van der Waals surface area contributed by atoms with Gasteiger partial charge in [-0.3, -0.25) is 0 Å². The molecule has 0 bridgehead atoms. The lowest BCUT2D eigenvalue weighted by Gasteiger charge is -2.16. The maximum absolute atomic E-state index is 12.4. The van der Waals surface area contributed by atoms with Gasteiger partial charge in [-0.2, -0.15) is 4.31 Å². The molecule has 0 atom stereocenters. The van der Waals surface area contributed by atoms with Gasteiger partial charge in [0.05, 0.1) is 5.39 Å². The highest BCUT2D eigenvalue weighted by Crippen LogP contribution is 2.38. The van der Waals surface area contributed by atoms with Crippen LogP contribution in [0.15, 0.2) is 28.0 Å². The van der Waals surface area contributed by atoms with Gasteiger partial charge < -0.3 is 5.32 Å². The fourth-order valence-electron chi connectivity index (χ4n) is 3.08. The van der Waals surface area contributed by atoms with Gasteiger partial charge in [0.2, 0.25) is 0 Å². The number of rotatable bonds is 6. The minimum atomic E-state index is -3.41. The molecule has 0 spiro atoms. The van der Waals surface area contributed by atoms with E-state index in [-0.39, 0.29) is 0 Å². The number of aromatic nitrogens is 2. The molecule has 4 rings (SSSR count). The van der Waals surface area contributed by atoms with Crippen molar-refractivity contribution < 1.29 is 8.42 Å². The summed E-state index contributed by atoms with van der Waals surface area (Å²) in [6, 6.07) is 3.38. The predicted molar refractivity (Wildman–Crippen MR) is 102 cm³/mol. The summed E-state index contributed by atoms with van der Waals surface area (Å²) >= 11 is 2.98. The highest BCUT2D eigenvalue weighted by atomic mass is 32.2. The number of fused-ring (bicyclic) bond motifs is 3. The lowest BCUT2D eigenvalue weighted by atomic mass is 10.2. The van der Waals surface area contributed by atoms with Gasteiger partial charge in [0.25, 0.3) is 10.0 Å². The molecule has 0 aromatic carbocycles. The molecule has 1 aliphatic rings. The van der Waals surface area contributed by atoms with E-state index in [0.717, 1.165) is 28.9 Å². The van der Waals surface area contributed by atoms with Crippen molar-refractivity contribution in [2.75, 3.05) is 25.5 Å². The first kappa shape index (κ1) is 16.9. The first-order chi connectivity index (χ1) is 12.1. The Balaban J connectivity index is 1.48. The van der Waals surface area contributed by atoms with Crippen molar-refractivity contribution in [1.82, 2.24) is 14.3 Å². The molecular weight excluding hydrogens is 376 g/mol. The monoisotopic (exact) mass is 394 g/mol. The maximum Gasteiger partial charge on any atom is 0.252 e. The van der Waals surface area contributed by atoms with Crippen LogP contribution in [0.4, 0.5) is 5.82 Å². The number of hydrogen-bond acceptors (Lipinski definition) is 7. The van der Waals surface area contributed by atoms with Crippen LogP contribution < -0.4 is 5.32 Å². The highest BCUT2D eigenvalue weighted by molar-refractivity contribution is 7.91. The van der Waals surface area contributed by atoms with Crippen LogP contribution in [0.5, 0.6) is 0 Å². The minimum absolute atomic E-state index is 0.370. The van der Waals surface area contributed by atoms with Gasteiger partial charge in [-0.25, -0.2) is 18.4 Å². The van der Waals surface area contributed by atoms with E-state index in [1.807, 2.05) is 0 Å². The lowest BCUT2D eigenvalue weighted by Crippen LogP contribution is -2.31. The largest absolute Gasteiger partial charge is 0.368 e. The summed E-state index contributed by atoms with van der Waals surface area (Å²) in [6.07, 6.45) is 4.96. The van der Waals surface area contributed by atoms with Gasteiger partial charge in [0.15, 0.2) is 0 Å². The topological polar surface area (TPSA) is 75.2 Å². The maximum atomic E-state index is 12.4. The van der Waals surface area contributed by atoms with E-state index in [0.29, 0.717) is 17.3 Å². The second-order valence-corrected chi connectivity index (χ2v) is 10.2. The molecular formula is C16H18N4O2S3. The zero-order valence-electron chi connectivity index (χ0n) is 13.7. The van der Waals surface area contributed by atoms with Crippen molar-refractivity contribution in [3.05, 3.63) is 34.3 Å². The van der Waals surface area contributed by atoms with E-state index in [9.17, 15) is 8.42 Å². The Bertz CT molecular complexity index is 996. The molecule has 1 N–H and O–H groups in total. The summed E-state index contributed by atoms with van der Waals surface area (Å²) in [5, 5.41) is 6.19. The zero-order chi connectivity index (χ0) is 17.4. The van der Waals surface area contributed by atoms with Crippen LogP contribution in [0.1, 0.15) is 16.9 Å². The van der Waals surface area contributed by atoms with Crippen LogP contribution in [0.3, 0.4) is 0 Å². The van der Waals surface area contributed by atoms with Gasteiger partial charge in [-0.05, 0) is 36.3 Å². The van der Waals surface area contributed by atoms with Crippen molar-refractivity contribution in [2.45, 2.75) is 23.5 Å². The number of nitrogens with one attached hydrogen (secondary N) is 1. The van der Waals surface area contributed by atoms with Gasteiger partial charge >= 0.3 is 0 Å². The Hall–Kier alpha value is -1.55. The number of thiophene rings is 2. The van der Waals surface area contributed by atoms with Crippen LogP contribution in [0, 0.1) is 0 Å². The lowest BCUT2D eigenvalue weighted by molar-refractivity contribution is 0.482. The molecule has 1 aliphatic carbocycles. The molecule has 0 unspecified atom stereocenters. The van der Waals surface area contributed by atoms with Crippen LogP contribution in [-0.2, 0) is 22.9 Å². The molecule has 3 aromatic rings. The van der Waals surface area contributed by atoms with E-state index in [4.69, 9.17) is 0 Å². The summed E-state index contributed by atoms with van der Waals surface area (Å²) < 4.78 is 26.6. The molecule has 6 nitrogen and oxygen atoms in total. The molecule has 9 heteroatoms. The molecule has 0 radical (unpaired) electrons. The number of aryl methyl sites for hydroxylation is 2. The number of nitrogens with zero attached hydrogens (tertiary/aromatic N) is 3. The number of likely N-dealkylation sites (N-methyl/N-ethyl adjacent to an activating group) is 1. The van der Waals surface area contributed by atoms with Crippen molar-refractivity contribution in [3.8, 4) is 0 Å². The molecule has 0 amide bonds. The molecule has 0 saturated carbocycles. The zero-order valence-corrected chi connectivity index (χ0v) is 16.2. The normalized spacial score (nSPS) is 14.3. The average Bonchev–Trinajstić information content (AvgIpc) is 3.31. The number of anilines is 1. The third-order valence-corrected chi connectivity index (χ3v) is 8.81. The Labute approximate surface area is 154 Å². The fraction of sp³-hybridized carbons (Fsp3) is 0.375. The standard InChI is InChI=1S/C16H18N4O2S3/c1-20(25(21,22)13-6-3-9-23-13)8-7-17-15-14-11-4-2-5-12(11)24-16(14)19-10-18-15/h3,6,9-10H,2,4-5,7-8H2,1H3,(H,17,18,19). The Kier molecular flexibility index (Phi) is 4.48. The molecule has 0 saturated heterocycles. The Morgan fingerprint density at radius 2 is 2.20 bits per heavy atom. The van der Waals surface area contributed by atoms with Crippen molar-refractivity contribution in [3.63, 3.8) is 0 Å². The third kappa shape index (κ3) is 3.05. The van der Waals surface area contributed by atoms with E-state index in [1.54, 1.807) is 42.2 Å². The Morgan fingerprint density at radius 1 is 1.32 bits per heavy atom. The smallest absolute Gasteiger partial charge is 0.252 e. The SMILES string of the molecule is CN(CCNc1ncnc2sc3c(c12)CCC3)S(=O)(=O)c1cccs1. The minimum Gasteiger partial charge on any atom is -0.368 e. The summed E-state index contributed by atoms with van der Waals surface area (Å²) in [4.78, 5) is 11.2. The molecule has 3 aromatic heterocycles. The Morgan fingerprint density at radius 3 is 3.00 bits per heavy atom. The molecule has 3 heterocycles. The number of hydrogen-bond donors (Lipinski definition) is 1. The van der Waals surface area contributed by atoms with Gasteiger partial charge in [0, 0.05) is 25.0 Å². The van der Waals surface area contributed by atoms with Crippen LogP contribution in [0.2, 0.25) is 0 Å². The van der Waals surface area contributed by atoms with Crippen LogP contribution in [-0.4, -0.2) is 42.8 Å². The second-order valence-electron chi connectivity index (χ2n) is 5.95. The predicted octanol–water partition coefficient (Wildman–Crippen LogP) is 2.97. The van der Waals surface area contributed by atoms with Gasteiger partial charge in [0.1, 0.15) is 21.2 Å². The second kappa shape index (κ2) is 6.64. The van der Waals surface area contributed by atoms with E-state index in [2.05, 4.69) is 15.3 Å². The first-order valence-electron chi connectivity index (χ1n) is 8.06.